The molecule has 2 aromatic carbocycles. The molecule has 2 heteroatoms. The Morgan fingerprint density at radius 2 is 1.79 bits per heavy atom. The zero-order chi connectivity index (χ0) is 13.7. The minimum absolute atomic E-state index is 0.423. The Morgan fingerprint density at radius 1 is 1.05 bits per heavy atom. The van der Waals surface area contributed by atoms with Crippen LogP contribution >= 0.6 is 11.6 Å². The average Bonchev–Trinajstić information content (AvgIpc) is 2.45. The maximum absolute atomic E-state index is 6.29. The molecule has 0 heterocycles. The maximum atomic E-state index is 6.29. The first-order chi connectivity index (χ1) is 9.27. The van der Waals surface area contributed by atoms with E-state index in [1.807, 2.05) is 12.1 Å². The van der Waals surface area contributed by atoms with Crippen molar-refractivity contribution in [3.8, 4) is 0 Å². The molecule has 0 aromatic heterocycles. The van der Waals surface area contributed by atoms with Gasteiger partial charge in [-0.15, -0.1) is 0 Å². The van der Waals surface area contributed by atoms with Gasteiger partial charge in [0.25, 0.3) is 0 Å². The summed E-state index contributed by atoms with van der Waals surface area (Å²) in [6, 6.07) is 13.0. The molecule has 0 fully saturated rings. The summed E-state index contributed by atoms with van der Waals surface area (Å²) in [6.07, 6.45) is 3.65. The van der Waals surface area contributed by atoms with E-state index in [4.69, 9.17) is 11.6 Å². The third-order valence-electron chi connectivity index (χ3n) is 3.58. The number of rotatable bonds is 6. The van der Waals surface area contributed by atoms with Gasteiger partial charge in [0.2, 0.25) is 0 Å². The smallest absolute Gasteiger partial charge is 0.0484 e. The van der Waals surface area contributed by atoms with Crippen LogP contribution in [-0.4, -0.2) is 6.54 Å². The van der Waals surface area contributed by atoms with Crippen molar-refractivity contribution in [1.29, 1.82) is 0 Å². The summed E-state index contributed by atoms with van der Waals surface area (Å²) in [5.41, 5.74) is 1.37. The van der Waals surface area contributed by atoms with Gasteiger partial charge in [0.05, 0.1) is 0 Å². The minimum Gasteiger partial charge on any atom is -0.310 e. The molecule has 0 saturated carbocycles. The monoisotopic (exact) mass is 275 g/mol. The van der Waals surface area contributed by atoms with Crippen LogP contribution in [0.1, 0.15) is 44.7 Å². The predicted octanol–water partition coefficient (Wildman–Crippen LogP) is 5.33. The molecule has 19 heavy (non-hydrogen) atoms. The molecule has 0 aliphatic heterocycles. The van der Waals surface area contributed by atoms with E-state index in [9.17, 15) is 0 Å². The molecule has 1 N–H and O–H groups in total. The number of unbranched alkanes of at least 4 members (excludes halogenated alkanes) is 1. The third kappa shape index (κ3) is 3.29. The van der Waals surface area contributed by atoms with Crippen LogP contribution in [0, 0.1) is 0 Å². The fourth-order valence-electron chi connectivity index (χ4n) is 2.61. The van der Waals surface area contributed by atoms with Crippen LogP contribution < -0.4 is 5.32 Å². The van der Waals surface area contributed by atoms with E-state index in [1.54, 1.807) is 0 Å². The van der Waals surface area contributed by atoms with Gasteiger partial charge in [-0.3, -0.25) is 0 Å². The van der Waals surface area contributed by atoms with Gasteiger partial charge in [-0.05, 0) is 30.0 Å². The van der Waals surface area contributed by atoms with Crippen LogP contribution in [0.25, 0.3) is 10.8 Å². The number of fused-ring (bicyclic) bond motifs is 1. The van der Waals surface area contributed by atoms with Crippen molar-refractivity contribution < 1.29 is 0 Å². The number of benzene rings is 2. The summed E-state index contributed by atoms with van der Waals surface area (Å²) in [7, 11) is 0. The molecule has 1 unspecified atom stereocenters. The molecule has 1 nitrogen and oxygen atoms in total. The SMILES string of the molecule is CCCCC(NCC)c1ccc(Cl)c2ccccc12. The fourth-order valence-corrected chi connectivity index (χ4v) is 2.84. The highest BCUT2D eigenvalue weighted by Gasteiger charge is 2.13. The fraction of sp³-hybridized carbons (Fsp3) is 0.412. The number of hydrogen-bond donors (Lipinski definition) is 1. The molecule has 0 aliphatic rings. The molecule has 1 atom stereocenters. The summed E-state index contributed by atoms with van der Waals surface area (Å²) in [6.45, 7) is 5.39. The Balaban J connectivity index is 2.44. The van der Waals surface area contributed by atoms with Gasteiger partial charge in [-0.25, -0.2) is 0 Å². The summed E-state index contributed by atoms with van der Waals surface area (Å²) in [5.74, 6) is 0. The van der Waals surface area contributed by atoms with Crippen LogP contribution in [0.4, 0.5) is 0 Å². The molecular weight excluding hydrogens is 254 g/mol. The van der Waals surface area contributed by atoms with E-state index < -0.39 is 0 Å². The molecule has 2 rings (SSSR count). The summed E-state index contributed by atoms with van der Waals surface area (Å²) >= 11 is 6.29. The van der Waals surface area contributed by atoms with Gasteiger partial charge in [0, 0.05) is 16.5 Å². The van der Waals surface area contributed by atoms with Crippen molar-refractivity contribution in [1.82, 2.24) is 5.32 Å². The van der Waals surface area contributed by atoms with Crippen LogP contribution in [0.2, 0.25) is 5.02 Å². The average molecular weight is 276 g/mol. The van der Waals surface area contributed by atoms with Crippen LogP contribution in [-0.2, 0) is 0 Å². The Bertz CT molecular complexity index is 536. The van der Waals surface area contributed by atoms with Crippen molar-refractivity contribution >= 4 is 22.4 Å². The number of nitrogens with one attached hydrogen (secondary N) is 1. The van der Waals surface area contributed by atoms with E-state index in [0.717, 1.165) is 17.0 Å². The number of hydrogen-bond acceptors (Lipinski definition) is 1. The molecule has 0 amide bonds. The normalized spacial score (nSPS) is 12.8. The second kappa shape index (κ2) is 6.93. The molecule has 0 saturated heterocycles. The van der Waals surface area contributed by atoms with Crippen LogP contribution in [0.3, 0.4) is 0 Å². The lowest BCUT2D eigenvalue weighted by Gasteiger charge is -2.20. The third-order valence-corrected chi connectivity index (χ3v) is 3.91. The van der Waals surface area contributed by atoms with E-state index in [-0.39, 0.29) is 0 Å². The Kier molecular flexibility index (Phi) is 5.24. The zero-order valence-electron chi connectivity index (χ0n) is 11.7. The lowest BCUT2D eigenvalue weighted by Crippen LogP contribution is -2.21. The second-order valence-corrected chi connectivity index (χ2v) is 5.34. The van der Waals surface area contributed by atoms with E-state index in [0.29, 0.717) is 6.04 Å². The van der Waals surface area contributed by atoms with Crippen molar-refractivity contribution in [2.75, 3.05) is 6.54 Å². The first-order valence-electron chi connectivity index (χ1n) is 7.18. The van der Waals surface area contributed by atoms with Gasteiger partial charge < -0.3 is 5.32 Å². The first-order valence-corrected chi connectivity index (χ1v) is 7.56. The van der Waals surface area contributed by atoms with Crippen molar-refractivity contribution in [3.05, 3.63) is 47.0 Å². The van der Waals surface area contributed by atoms with Gasteiger partial charge in [0.15, 0.2) is 0 Å². The topological polar surface area (TPSA) is 12.0 Å². The Labute approximate surface area is 121 Å². The van der Waals surface area contributed by atoms with E-state index in [2.05, 4.69) is 43.4 Å². The second-order valence-electron chi connectivity index (χ2n) is 4.93. The molecular formula is C17H22ClN. The Hall–Kier alpha value is -1.05. The number of halogens is 1. The van der Waals surface area contributed by atoms with Crippen molar-refractivity contribution in [3.63, 3.8) is 0 Å². The molecule has 0 aliphatic carbocycles. The van der Waals surface area contributed by atoms with Crippen LogP contribution in [0.5, 0.6) is 0 Å². The Morgan fingerprint density at radius 3 is 2.47 bits per heavy atom. The van der Waals surface area contributed by atoms with Gasteiger partial charge in [-0.2, -0.15) is 0 Å². The van der Waals surface area contributed by atoms with E-state index >= 15 is 0 Å². The molecule has 102 valence electrons. The quantitative estimate of drug-likeness (QED) is 0.751. The molecule has 0 radical (unpaired) electrons. The van der Waals surface area contributed by atoms with Gasteiger partial charge >= 0.3 is 0 Å². The van der Waals surface area contributed by atoms with Crippen LogP contribution in [0.15, 0.2) is 36.4 Å². The maximum Gasteiger partial charge on any atom is 0.0484 e. The molecule has 2 aromatic rings. The lowest BCUT2D eigenvalue weighted by molar-refractivity contribution is 0.497. The summed E-state index contributed by atoms with van der Waals surface area (Å²) in [4.78, 5) is 0. The standard InChI is InChI=1S/C17H22ClN/c1-3-5-10-17(19-4-2)15-11-12-16(18)14-9-7-6-8-13(14)15/h6-9,11-12,17,19H,3-5,10H2,1-2H3. The van der Waals surface area contributed by atoms with Gasteiger partial charge in [-0.1, -0.05) is 68.6 Å². The first kappa shape index (κ1) is 14.4. The molecule has 0 spiro atoms. The largest absolute Gasteiger partial charge is 0.310 e. The van der Waals surface area contributed by atoms with Crippen molar-refractivity contribution in [2.45, 2.75) is 39.2 Å². The highest BCUT2D eigenvalue weighted by molar-refractivity contribution is 6.35. The zero-order valence-corrected chi connectivity index (χ0v) is 12.5. The predicted molar refractivity (Wildman–Crippen MR) is 84.9 cm³/mol. The summed E-state index contributed by atoms with van der Waals surface area (Å²) in [5, 5.41) is 6.87. The van der Waals surface area contributed by atoms with Crippen molar-refractivity contribution in [2.24, 2.45) is 0 Å². The lowest BCUT2D eigenvalue weighted by atomic mass is 9.95. The summed E-state index contributed by atoms with van der Waals surface area (Å²) < 4.78 is 0. The van der Waals surface area contributed by atoms with Gasteiger partial charge in [0.1, 0.15) is 0 Å². The highest BCUT2D eigenvalue weighted by atomic mass is 35.5. The van der Waals surface area contributed by atoms with E-state index in [1.165, 1.54) is 30.2 Å². The molecule has 0 bridgehead atoms. The minimum atomic E-state index is 0.423. The highest BCUT2D eigenvalue weighted by Crippen LogP contribution is 2.31.